The predicted molar refractivity (Wildman–Crippen MR) is 64.0 cm³/mol. The Hall–Kier alpha value is -1.88. The van der Waals surface area contributed by atoms with Crippen LogP contribution >= 0.6 is 0 Å². The molecule has 5 heteroatoms. The third kappa shape index (κ3) is 4.18. The number of para-hydroxylation sites is 1. The van der Waals surface area contributed by atoms with E-state index in [9.17, 15) is 14.7 Å². The van der Waals surface area contributed by atoms with Gasteiger partial charge in [0.15, 0.2) is 5.60 Å². The molecule has 98 valence electrons. The first-order chi connectivity index (χ1) is 8.45. The zero-order valence-corrected chi connectivity index (χ0v) is 10.4. The van der Waals surface area contributed by atoms with Crippen LogP contribution in [0.3, 0.4) is 0 Å². The van der Waals surface area contributed by atoms with Gasteiger partial charge in [-0.3, -0.25) is 4.79 Å². The van der Waals surface area contributed by atoms with E-state index in [0.717, 1.165) is 0 Å². The minimum Gasteiger partial charge on any atom is -0.464 e. The fourth-order valence-electron chi connectivity index (χ4n) is 1.30. The topological polar surface area (TPSA) is 72.8 Å². The van der Waals surface area contributed by atoms with Crippen LogP contribution in [0.4, 0.5) is 0 Å². The van der Waals surface area contributed by atoms with Crippen molar-refractivity contribution in [3.8, 4) is 5.75 Å². The fourth-order valence-corrected chi connectivity index (χ4v) is 1.30. The summed E-state index contributed by atoms with van der Waals surface area (Å²) in [6.07, 6.45) is -0.458. The standard InChI is InChI=1S/C13H16O5/c1-3-17-12(15)13(2,16)9-11(14)18-10-7-5-4-6-8-10/h4-8,16H,3,9H2,1-2H3/t13-/m1/s1. The summed E-state index contributed by atoms with van der Waals surface area (Å²) in [6, 6.07) is 8.43. The zero-order valence-electron chi connectivity index (χ0n) is 10.4. The molecule has 1 rings (SSSR count). The van der Waals surface area contributed by atoms with Crippen molar-refractivity contribution in [2.24, 2.45) is 0 Å². The van der Waals surface area contributed by atoms with Crippen LogP contribution < -0.4 is 4.74 Å². The Kier molecular flexibility index (Phi) is 4.85. The molecule has 0 saturated carbocycles. The van der Waals surface area contributed by atoms with Crippen molar-refractivity contribution in [1.29, 1.82) is 0 Å². The van der Waals surface area contributed by atoms with Crippen molar-refractivity contribution in [1.82, 2.24) is 0 Å². The maximum atomic E-state index is 11.5. The lowest BCUT2D eigenvalue weighted by Gasteiger charge is -2.19. The van der Waals surface area contributed by atoms with Crippen molar-refractivity contribution in [2.75, 3.05) is 6.61 Å². The van der Waals surface area contributed by atoms with Crippen molar-refractivity contribution < 1.29 is 24.2 Å². The Morgan fingerprint density at radius 2 is 1.89 bits per heavy atom. The second-order valence-corrected chi connectivity index (χ2v) is 3.96. The Labute approximate surface area is 105 Å². The molecule has 1 N–H and O–H groups in total. The summed E-state index contributed by atoms with van der Waals surface area (Å²) in [5, 5.41) is 9.79. The second-order valence-electron chi connectivity index (χ2n) is 3.96. The molecule has 0 aliphatic carbocycles. The van der Waals surface area contributed by atoms with Gasteiger partial charge in [0.2, 0.25) is 0 Å². The average Bonchev–Trinajstić information content (AvgIpc) is 2.29. The van der Waals surface area contributed by atoms with Crippen LogP contribution in [0.5, 0.6) is 5.75 Å². The SMILES string of the molecule is CCOC(=O)[C@](C)(O)CC(=O)Oc1ccccc1. The summed E-state index contributed by atoms with van der Waals surface area (Å²) in [5.41, 5.74) is -1.87. The molecular formula is C13H16O5. The summed E-state index contributed by atoms with van der Waals surface area (Å²) in [6.45, 7) is 2.98. The molecule has 1 aromatic carbocycles. The number of aliphatic hydroxyl groups is 1. The Balaban J connectivity index is 2.56. The van der Waals surface area contributed by atoms with E-state index in [1.165, 1.54) is 6.92 Å². The average molecular weight is 252 g/mol. The van der Waals surface area contributed by atoms with Gasteiger partial charge in [-0.1, -0.05) is 18.2 Å². The summed E-state index contributed by atoms with van der Waals surface area (Å²) in [7, 11) is 0. The van der Waals surface area contributed by atoms with Gasteiger partial charge in [0, 0.05) is 0 Å². The Morgan fingerprint density at radius 1 is 1.28 bits per heavy atom. The van der Waals surface area contributed by atoms with Gasteiger partial charge in [-0.2, -0.15) is 0 Å². The van der Waals surface area contributed by atoms with Gasteiger partial charge < -0.3 is 14.6 Å². The van der Waals surface area contributed by atoms with Crippen LogP contribution in [0, 0.1) is 0 Å². The van der Waals surface area contributed by atoms with Gasteiger partial charge in [-0.05, 0) is 26.0 Å². The lowest BCUT2D eigenvalue weighted by molar-refractivity contribution is -0.167. The number of benzene rings is 1. The van der Waals surface area contributed by atoms with E-state index in [1.54, 1.807) is 37.3 Å². The minimum atomic E-state index is -1.87. The first-order valence-corrected chi connectivity index (χ1v) is 5.61. The fraction of sp³-hybridized carbons (Fsp3) is 0.385. The van der Waals surface area contributed by atoms with Crippen LogP contribution in [0.1, 0.15) is 20.3 Å². The Bertz CT molecular complexity index is 411. The molecule has 18 heavy (non-hydrogen) atoms. The molecule has 0 aliphatic rings. The molecule has 0 amide bonds. The summed E-state index contributed by atoms with van der Waals surface area (Å²) in [4.78, 5) is 22.9. The normalized spacial score (nSPS) is 13.5. The van der Waals surface area contributed by atoms with Crippen LogP contribution in [0.25, 0.3) is 0 Å². The van der Waals surface area contributed by atoms with E-state index in [1.807, 2.05) is 0 Å². The van der Waals surface area contributed by atoms with Crippen molar-refractivity contribution >= 4 is 11.9 Å². The van der Waals surface area contributed by atoms with Crippen LogP contribution in [-0.2, 0) is 14.3 Å². The number of ether oxygens (including phenoxy) is 2. The number of carbonyl (C=O) groups excluding carboxylic acids is 2. The largest absolute Gasteiger partial charge is 0.464 e. The van der Waals surface area contributed by atoms with Crippen LogP contribution in [0.2, 0.25) is 0 Å². The highest BCUT2D eigenvalue weighted by atomic mass is 16.6. The number of carbonyl (C=O) groups is 2. The summed E-state index contributed by atoms with van der Waals surface area (Å²) < 4.78 is 9.63. The lowest BCUT2D eigenvalue weighted by Crippen LogP contribution is -2.40. The van der Waals surface area contributed by atoms with Crippen LogP contribution in [0.15, 0.2) is 30.3 Å². The zero-order chi connectivity index (χ0) is 13.6. The molecule has 0 unspecified atom stereocenters. The first kappa shape index (κ1) is 14.2. The van der Waals surface area contributed by atoms with Crippen molar-refractivity contribution in [2.45, 2.75) is 25.9 Å². The second kappa shape index (κ2) is 6.16. The number of hydrogen-bond acceptors (Lipinski definition) is 5. The van der Waals surface area contributed by atoms with Crippen molar-refractivity contribution in [3.63, 3.8) is 0 Å². The van der Waals surface area contributed by atoms with Gasteiger partial charge in [-0.15, -0.1) is 0 Å². The molecule has 0 heterocycles. The quantitative estimate of drug-likeness (QED) is 0.631. The summed E-state index contributed by atoms with van der Waals surface area (Å²) in [5.74, 6) is -1.17. The summed E-state index contributed by atoms with van der Waals surface area (Å²) >= 11 is 0. The van der Waals surface area contributed by atoms with E-state index in [-0.39, 0.29) is 6.61 Å². The van der Waals surface area contributed by atoms with Crippen molar-refractivity contribution in [3.05, 3.63) is 30.3 Å². The first-order valence-electron chi connectivity index (χ1n) is 5.61. The van der Waals surface area contributed by atoms with E-state index < -0.39 is 24.0 Å². The maximum absolute atomic E-state index is 11.5. The molecular weight excluding hydrogens is 236 g/mol. The van der Waals surface area contributed by atoms with Gasteiger partial charge in [0.1, 0.15) is 5.75 Å². The molecule has 0 aromatic heterocycles. The third-order valence-electron chi connectivity index (χ3n) is 2.18. The van der Waals surface area contributed by atoms with E-state index in [4.69, 9.17) is 4.74 Å². The molecule has 0 spiro atoms. The monoisotopic (exact) mass is 252 g/mol. The third-order valence-corrected chi connectivity index (χ3v) is 2.18. The van der Waals surface area contributed by atoms with Gasteiger partial charge >= 0.3 is 11.9 Å². The van der Waals surface area contributed by atoms with E-state index in [0.29, 0.717) is 5.75 Å². The molecule has 5 nitrogen and oxygen atoms in total. The highest BCUT2D eigenvalue weighted by Gasteiger charge is 2.35. The van der Waals surface area contributed by atoms with Gasteiger partial charge in [-0.25, -0.2) is 4.79 Å². The lowest BCUT2D eigenvalue weighted by atomic mass is 10.0. The Morgan fingerprint density at radius 3 is 2.44 bits per heavy atom. The highest BCUT2D eigenvalue weighted by Crippen LogP contribution is 2.15. The predicted octanol–water partition coefficient (Wildman–Crippen LogP) is 1.30. The minimum absolute atomic E-state index is 0.142. The van der Waals surface area contributed by atoms with Gasteiger partial charge in [0.05, 0.1) is 13.0 Å². The molecule has 1 aromatic rings. The smallest absolute Gasteiger partial charge is 0.338 e. The molecule has 0 radical (unpaired) electrons. The van der Waals surface area contributed by atoms with E-state index in [2.05, 4.69) is 4.74 Å². The number of rotatable bonds is 5. The highest BCUT2D eigenvalue weighted by molar-refractivity contribution is 5.85. The maximum Gasteiger partial charge on any atom is 0.338 e. The molecule has 0 aliphatic heterocycles. The molecule has 0 bridgehead atoms. The number of esters is 2. The van der Waals surface area contributed by atoms with Crippen LogP contribution in [-0.4, -0.2) is 29.3 Å². The molecule has 0 fully saturated rings. The van der Waals surface area contributed by atoms with E-state index >= 15 is 0 Å². The van der Waals surface area contributed by atoms with Gasteiger partial charge in [0.25, 0.3) is 0 Å². The number of hydrogen-bond donors (Lipinski definition) is 1. The molecule has 1 atom stereocenters. The molecule has 0 saturated heterocycles.